The summed E-state index contributed by atoms with van der Waals surface area (Å²) in [5.41, 5.74) is 9.38. The van der Waals surface area contributed by atoms with Gasteiger partial charge in [-0.3, -0.25) is 9.59 Å². The molecule has 6 nitrogen and oxygen atoms in total. The summed E-state index contributed by atoms with van der Waals surface area (Å²) in [5.74, 6) is -0.540. The molecule has 2 amide bonds. The van der Waals surface area contributed by atoms with Crippen LogP contribution in [-0.4, -0.2) is 21.6 Å². The van der Waals surface area contributed by atoms with Gasteiger partial charge in [-0.1, -0.05) is 64.1 Å². The second kappa shape index (κ2) is 8.31. The summed E-state index contributed by atoms with van der Waals surface area (Å²) in [6.07, 6.45) is 0. The second-order valence-corrected chi connectivity index (χ2v) is 7.60. The Hall–Kier alpha value is -3.41. The van der Waals surface area contributed by atoms with Crippen LogP contribution in [0.3, 0.4) is 0 Å². The van der Waals surface area contributed by atoms with Gasteiger partial charge in [0.1, 0.15) is 5.69 Å². The molecule has 0 atom stereocenters. The Morgan fingerprint density at radius 1 is 0.931 bits per heavy atom. The maximum atomic E-state index is 13.0. The van der Waals surface area contributed by atoms with Crippen LogP contribution in [0.25, 0.3) is 5.69 Å². The van der Waals surface area contributed by atoms with Crippen LogP contribution in [-0.2, 0) is 0 Å². The zero-order valence-electron chi connectivity index (χ0n) is 17.1. The summed E-state index contributed by atoms with van der Waals surface area (Å²) >= 11 is 0. The number of benzene rings is 2. The first-order valence-corrected chi connectivity index (χ1v) is 9.69. The minimum absolute atomic E-state index is 0.135. The number of hydrogen-bond acceptors (Lipinski definition) is 3. The molecule has 0 radical (unpaired) electrons. The highest BCUT2D eigenvalue weighted by Gasteiger charge is 2.21. The minimum atomic E-state index is -0.647. The fourth-order valence-electron chi connectivity index (χ4n) is 3.31. The summed E-state index contributed by atoms with van der Waals surface area (Å²) in [7, 11) is 0. The monoisotopic (exact) mass is 390 g/mol. The van der Waals surface area contributed by atoms with Crippen molar-refractivity contribution in [2.24, 2.45) is 5.73 Å². The summed E-state index contributed by atoms with van der Waals surface area (Å²) in [6.45, 7) is 8.35. The van der Waals surface area contributed by atoms with Gasteiger partial charge in [0.2, 0.25) is 0 Å². The topological polar surface area (TPSA) is 90.0 Å². The first-order chi connectivity index (χ1) is 13.8. The number of hydrogen-bond donors (Lipinski definition) is 2. The summed E-state index contributed by atoms with van der Waals surface area (Å²) in [4.78, 5) is 24.9. The van der Waals surface area contributed by atoms with E-state index in [0.29, 0.717) is 5.69 Å². The Balaban J connectivity index is 2.02. The molecule has 0 aliphatic heterocycles. The lowest BCUT2D eigenvalue weighted by Crippen LogP contribution is -2.17. The molecule has 3 aromatic rings. The highest BCUT2D eigenvalue weighted by Crippen LogP contribution is 2.32. The van der Waals surface area contributed by atoms with E-state index in [0.717, 1.165) is 16.8 Å². The van der Waals surface area contributed by atoms with E-state index >= 15 is 0 Å². The average Bonchev–Trinajstić information content (AvgIpc) is 3.14. The van der Waals surface area contributed by atoms with Crippen LogP contribution in [0.1, 0.15) is 71.6 Å². The normalized spacial score (nSPS) is 11.1. The highest BCUT2D eigenvalue weighted by atomic mass is 16.2. The molecule has 0 aliphatic rings. The molecular weight excluding hydrogens is 364 g/mol. The fourth-order valence-corrected chi connectivity index (χ4v) is 3.31. The van der Waals surface area contributed by atoms with E-state index in [2.05, 4.69) is 38.1 Å². The molecule has 1 heterocycles. The van der Waals surface area contributed by atoms with E-state index in [1.165, 1.54) is 10.7 Å². The third kappa shape index (κ3) is 4.21. The molecule has 1 aromatic heterocycles. The number of carbonyl (C=O) groups excluding carboxylic acids is 2. The molecule has 0 unspecified atom stereocenters. The maximum absolute atomic E-state index is 13.0. The molecule has 6 heteroatoms. The van der Waals surface area contributed by atoms with Gasteiger partial charge in [-0.2, -0.15) is 5.10 Å². The van der Waals surface area contributed by atoms with E-state index in [4.69, 9.17) is 5.73 Å². The molecule has 0 saturated heterocycles. The molecule has 3 rings (SSSR count). The van der Waals surface area contributed by atoms with Crippen LogP contribution in [0, 0.1) is 0 Å². The van der Waals surface area contributed by atoms with Crippen LogP contribution in [0.15, 0.2) is 54.6 Å². The molecule has 0 fully saturated rings. The predicted molar refractivity (Wildman–Crippen MR) is 115 cm³/mol. The maximum Gasteiger partial charge on any atom is 0.276 e. The van der Waals surface area contributed by atoms with E-state index in [-0.39, 0.29) is 29.1 Å². The van der Waals surface area contributed by atoms with E-state index in [1.807, 2.05) is 36.4 Å². The van der Waals surface area contributed by atoms with Gasteiger partial charge in [0.15, 0.2) is 5.69 Å². The Morgan fingerprint density at radius 2 is 1.52 bits per heavy atom. The minimum Gasteiger partial charge on any atom is -0.364 e. The average molecular weight is 390 g/mol. The molecule has 29 heavy (non-hydrogen) atoms. The van der Waals surface area contributed by atoms with Crippen molar-refractivity contribution in [3.05, 3.63) is 77.1 Å². The van der Waals surface area contributed by atoms with Crippen molar-refractivity contribution in [2.45, 2.75) is 39.5 Å². The van der Waals surface area contributed by atoms with Crippen LogP contribution in [0.4, 0.5) is 5.69 Å². The molecule has 150 valence electrons. The van der Waals surface area contributed by atoms with Crippen molar-refractivity contribution < 1.29 is 9.59 Å². The molecule has 0 aliphatic carbocycles. The van der Waals surface area contributed by atoms with Crippen LogP contribution in [0.5, 0.6) is 0 Å². The smallest absolute Gasteiger partial charge is 0.276 e. The number of nitrogens with one attached hydrogen (secondary N) is 1. The van der Waals surface area contributed by atoms with Gasteiger partial charge < -0.3 is 11.1 Å². The SMILES string of the molecule is CC(C)c1cccc(C(C)C)c1NC(=O)c1cc(C(N)=O)n(-c2ccccc2)n1. The molecule has 3 N–H and O–H groups in total. The summed E-state index contributed by atoms with van der Waals surface area (Å²) in [5, 5.41) is 7.37. The largest absolute Gasteiger partial charge is 0.364 e. The lowest BCUT2D eigenvalue weighted by atomic mass is 9.92. The van der Waals surface area contributed by atoms with Gasteiger partial charge in [0.25, 0.3) is 11.8 Å². The number of aromatic nitrogens is 2. The lowest BCUT2D eigenvalue weighted by molar-refractivity contribution is 0.0991. The van der Waals surface area contributed by atoms with Gasteiger partial charge in [-0.25, -0.2) is 4.68 Å². The van der Waals surface area contributed by atoms with Crippen molar-refractivity contribution in [3.8, 4) is 5.69 Å². The van der Waals surface area contributed by atoms with E-state index in [9.17, 15) is 9.59 Å². The molecule has 0 saturated carbocycles. The van der Waals surface area contributed by atoms with Crippen molar-refractivity contribution >= 4 is 17.5 Å². The highest BCUT2D eigenvalue weighted by molar-refractivity contribution is 6.05. The van der Waals surface area contributed by atoms with Crippen molar-refractivity contribution in [3.63, 3.8) is 0 Å². The standard InChI is InChI=1S/C23H26N4O2/c1-14(2)17-11-8-12-18(15(3)4)21(17)25-23(29)19-13-20(22(24)28)27(26-19)16-9-6-5-7-10-16/h5-15H,1-4H3,(H2,24,28)(H,25,29). The van der Waals surface area contributed by atoms with Gasteiger partial charge in [-0.15, -0.1) is 0 Å². The quantitative estimate of drug-likeness (QED) is 0.651. The van der Waals surface area contributed by atoms with E-state index in [1.54, 1.807) is 12.1 Å². The number of anilines is 1. The summed E-state index contributed by atoms with van der Waals surface area (Å²) in [6, 6.07) is 16.6. The van der Waals surface area contributed by atoms with Gasteiger partial charge in [0.05, 0.1) is 5.69 Å². The van der Waals surface area contributed by atoms with Crippen molar-refractivity contribution in [1.82, 2.24) is 9.78 Å². The Kier molecular flexibility index (Phi) is 5.82. The Bertz CT molecular complexity index is 1010. The number of carbonyl (C=O) groups is 2. The van der Waals surface area contributed by atoms with E-state index < -0.39 is 5.91 Å². The fraction of sp³-hybridized carbons (Fsp3) is 0.261. The number of amides is 2. The van der Waals surface area contributed by atoms with Gasteiger partial charge >= 0.3 is 0 Å². The van der Waals surface area contributed by atoms with Crippen molar-refractivity contribution in [1.29, 1.82) is 0 Å². The molecule has 0 spiro atoms. The van der Waals surface area contributed by atoms with Gasteiger partial charge in [-0.05, 0) is 35.1 Å². The lowest BCUT2D eigenvalue weighted by Gasteiger charge is -2.19. The predicted octanol–water partition coefficient (Wildman–Crippen LogP) is 4.47. The number of para-hydroxylation sites is 2. The number of nitrogens with zero attached hydrogens (tertiary/aromatic N) is 2. The number of nitrogens with two attached hydrogens (primary N) is 1. The third-order valence-electron chi connectivity index (χ3n) is 4.81. The van der Waals surface area contributed by atoms with Crippen molar-refractivity contribution in [2.75, 3.05) is 5.32 Å². The second-order valence-electron chi connectivity index (χ2n) is 7.60. The van der Waals surface area contributed by atoms with Crippen LogP contribution in [0.2, 0.25) is 0 Å². The zero-order chi connectivity index (χ0) is 21.1. The first-order valence-electron chi connectivity index (χ1n) is 9.69. The Morgan fingerprint density at radius 3 is 2.03 bits per heavy atom. The zero-order valence-corrected chi connectivity index (χ0v) is 17.1. The third-order valence-corrected chi connectivity index (χ3v) is 4.81. The van der Waals surface area contributed by atoms with Gasteiger partial charge in [0, 0.05) is 11.8 Å². The Labute approximate surface area is 170 Å². The van der Waals surface area contributed by atoms with Crippen LogP contribution < -0.4 is 11.1 Å². The first kappa shape index (κ1) is 20.3. The molecule has 0 bridgehead atoms. The molecular formula is C23H26N4O2. The number of rotatable bonds is 6. The summed E-state index contributed by atoms with van der Waals surface area (Å²) < 4.78 is 1.40. The molecule has 2 aromatic carbocycles. The number of primary amides is 1. The van der Waals surface area contributed by atoms with Crippen LogP contribution >= 0.6 is 0 Å².